The lowest BCUT2D eigenvalue weighted by Crippen LogP contribution is -2.12. The summed E-state index contributed by atoms with van der Waals surface area (Å²) in [5.74, 6) is 1.37. The molecule has 0 spiro atoms. The second-order valence-corrected chi connectivity index (χ2v) is 5.82. The first kappa shape index (κ1) is 18.4. The normalized spacial score (nSPS) is 10.4. The number of aromatic nitrogens is 2. The third-order valence-corrected chi connectivity index (χ3v) is 3.85. The molecule has 0 fully saturated rings. The zero-order chi connectivity index (χ0) is 19.1. The summed E-state index contributed by atoms with van der Waals surface area (Å²) in [7, 11) is 1.58. The minimum atomic E-state index is -0.337. The minimum Gasteiger partial charge on any atom is -0.497 e. The summed E-state index contributed by atoms with van der Waals surface area (Å²) in [5.41, 5.74) is 1.18. The molecule has 1 N–H and O–H groups in total. The molecule has 7 nitrogen and oxygen atoms in total. The molecule has 27 heavy (non-hydrogen) atoms. The average Bonchev–Trinajstić information content (AvgIpc) is 3.17. The molecule has 0 aliphatic rings. The molecular formula is C20H21N3O4. The topological polar surface area (TPSA) is 86.5 Å². The maximum absolute atomic E-state index is 12.3. The Balaban J connectivity index is 1.63. The molecular weight excluding hydrogens is 346 g/mol. The van der Waals surface area contributed by atoms with Gasteiger partial charge in [0.25, 0.3) is 5.91 Å². The van der Waals surface area contributed by atoms with Gasteiger partial charge in [0.2, 0.25) is 5.89 Å². The van der Waals surface area contributed by atoms with Crippen LogP contribution >= 0.6 is 0 Å². The highest BCUT2D eigenvalue weighted by atomic mass is 16.5. The van der Waals surface area contributed by atoms with Gasteiger partial charge in [0.1, 0.15) is 11.5 Å². The minimum absolute atomic E-state index is 0.0288. The number of anilines is 1. The maximum Gasteiger partial charge on any atom is 0.322 e. The van der Waals surface area contributed by atoms with Crippen molar-refractivity contribution in [2.45, 2.75) is 19.8 Å². The number of methoxy groups -OCH3 is 1. The van der Waals surface area contributed by atoms with Gasteiger partial charge in [-0.05, 0) is 48.9 Å². The van der Waals surface area contributed by atoms with Crippen LogP contribution in [0.5, 0.6) is 11.5 Å². The standard InChI is InChI=1S/C20H21N3O4/c1-3-4-12-26-16-10-8-14(9-11-16)18(24)21-20-23-22-19(27-20)15-6-5-7-17(13-15)25-2/h5-11,13H,3-4,12H2,1-2H3,(H,21,23,24). The summed E-state index contributed by atoms with van der Waals surface area (Å²) in [4.78, 5) is 12.3. The lowest BCUT2D eigenvalue weighted by atomic mass is 10.2. The van der Waals surface area contributed by atoms with Crippen LogP contribution in [0.4, 0.5) is 6.01 Å². The molecule has 7 heteroatoms. The first-order valence-corrected chi connectivity index (χ1v) is 8.71. The Morgan fingerprint density at radius 3 is 2.67 bits per heavy atom. The highest BCUT2D eigenvalue weighted by Gasteiger charge is 2.13. The number of ether oxygens (including phenoxy) is 2. The van der Waals surface area contributed by atoms with Gasteiger partial charge in [-0.25, -0.2) is 0 Å². The van der Waals surface area contributed by atoms with Crippen molar-refractivity contribution in [2.24, 2.45) is 0 Å². The fourth-order valence-electron chi connectivity index (χ4n) is 2.35. The number of nitrogens with one attached hydrogen (secondary N) is 1. The van der Waals surface area contributed by atoms with Crippen molar-refractivity contribution in [1.29, 1.82) is 0 Å². The lowest BCUT2D eigenvalue weighted by molar-refractivity contribution is 0.102. The number of hydrogen-bond donors (Lipinski definition) is 1. The van der Waals surface area contributed by atoms with E-state index in [2.05, 4.69) is 22.4 Å². The number of hydrogen-bond acceptors (Lipinski definition) is 6. The van der Waals surface area contributed by atoms with E-state index in [9.17, 15) is 4.79 Å². The van der Waals surface area contributed by atoms with Gasteiger partial charge >= 0.3 is 6.01 Å². The zero-order valence-electron chi connectivity index (χ0n) is 15.3. The molecule has 0 unspecified atom stereocenters. The van der Waals surface area contributed by atoms with Crippen LogP contribution in [0.15, 0.2) is 52.9 Å². The van der Waals surface area contributed by atoms with Gasteiger partial charge in [0.15, 0.2) is 0 Å². The Hall–Kier alpha value is -3.35. The molecule has 0 atom stereocenters. The van der Waals surface area contributed by atoms with Crippen molar-refractivity contribution < 1.29 is 18.7 Å². The van der Waals surface area contributed by atoms with Crippen molar-refractivity contribution in [3.63, 3.8) is 0 Å². The van der Waals surface area contributed by atoms with Gasteiger partial charge in [-0.15, -0.1) is 5.10 Å². The summed E-state index contributed by atoms with van der Waals surface area (Å²) >= 11 is 0. The van der Waals surface area contributed by atoms with Crippen molar-refractivity contribution in [1.82, 2.24) is 10.2 Å². The molecule has 1 amide bonds. The molecule has 0 saturated heterocycles. The van der Waals surface area contributed by atoms with Gasteiger partial charge in [0, 0.05) is 11.1 Å². The Kier molecular flexibility index (Phi) is 6.04. The fraction of sp³-hybridized carbons (Fsp3) is 0.250. The summed E-state index contributed by atoms with van der Waals surface area (Å²) in [6.45, 7) is 2.77. The number of carbonyl (C=O) groups excluding carboxylic acids is 1. The van der Waals surface area contributed by atoms with Crippen LogP contribution in [0.3, 0.4) is 0 Å². The van der Waals surface area contributed by atoms with Gasteiger partial charge in [-0.1, -0.05) is 24.5 Å². The summed E-state index contributed by atoms with van der Waals surface area (Å²) in [5, 5.41) is 10.4. The van der Waals surface area contributed by atoms with E-state index in [4.69, 9.17) is 13.9 Å². The zero-order valence-corrected chi connectivity index (χ0v) is 15.3. The fourth-order valence-corrected chi connectivity index (χ4v) is 2.35. The van der Waals surface area contributed by atoms with Crippen LogP contribution in [0.1, 0.15) is 30.1 Å². The Bertz CT molecular complexity index is 890. The van der Waals surface area contributed by atoms with Crippen LogP contribution in [0, 0.1) is 0 Å². The highest BCUT2D eigenvalue weighted by molar-refractivity contribution is 6.03. The molecule has 0 saturated carbocycles. The predicted molar refractivity (Wildman–Crippen MR) is 101 cm³/mol. The largest absolute Gasteiger partial charge is 0.497 e. The lowest BCUT2D eigenvalue weighted by Gasteiger charge is -2.06. The van der Waals surface area contributed by atoms with E-state index in [1.165, 1.54) is 0 Å². The molecule has 3 aromatic rings. The van der Waals surface area contributed by atoms with Gasteiger partial charge in [-0.3, -0.25) is 10.1 Å². The molecule has 1 heterocycles. The molecule has 140 valence electrons. The van der Waals surface area contributed by atoms with Gasteiger partial charge < -0.3 is 13.9 Å². The average molecular weight is 367 g/mol. The van der Waals surface area contributed by atoms with Gasteiger partial charge in [-0.2, -0.15) is 0 Å². The number of carbonyl (C=O) groups is 1. The van der Waals surface area contributed by atoms with E-state index in [1.54, 1.807) is 37.4 Å². The second kappa shape index (κ2) is 8.84. The van der Waals surface area contributed by atoms with E-state index in [0.29, 0.717) is 29.4 Å². The molecule has 0 aliphatic carbocycles. The van der Waals surface area contributed by atoms with Crippen LogP contribution in [-0.2, 0) is 0 Å². The Morgan fingerprint density at radius 2 is 1.93 bits per heavy atom. The predicted octanol–water partition coefficient (Wildman–Crippen LogP) is 4.18. The third-order valence-electron chi connectivity index (χ3n) is 3.85. The van der Waals surface area contributed by atoms with Crippen molar-refractivity contribution in [3.8, 4) is 23.0 Å². The van der Waals surface area contributed by atoms with Gasteiger partial charge in [0.05, 0.1) is 13.7 Å². The van der Waals surface area contributed by atoms with Crippen LogP contribution in [0.2, 0.25) is 0 Å². The molecule has 0 bridgehead atoms. The van der Waals surface area contributed by atoms with E-state index in [0.717, 1.165) is 18.6 Å². The monoisotopic (exact) mass is 367 g/mol. The number of unbranched alkanes of at least 4 members (excludes halogenated alkanes) is 1. The Labute approximate surface area is 157 Å². The molecule has 0 radical (unpaired) electrons. The highest BCUT2D eigenvalue weighted by Crippen LogP contribution is 2.24. The molecule has 1 aromatic heterocycles. The Morgan fingerprint density at radius 1 is 1.11 bits per heavy atom. The number of amides is 1. The number of benzene rings is 2. The van der Waals surface area contributed by atoms with E-state index < -0.39 is 0 Å². The second-order valence-electron chi connectivity index (χ2n) is 5.82. The first-order chi connectivity index (χ1) is 13.2. The maximum atomic E-state index is 12.3. The van der Waals surface area contributed by atoms with Crippen molar-refractivity contribution in [2.75, 3.05) is 19.0 Å². The summed E-state index contributed by atoms with van der Waals surface area (Å²) in [6.07, 6.45) is 2.07. The molecule has 0 aliphatic heterocycles. The van der Waals surface area contributed by atoms with Crippen LogP contribution < -0.4 is 14.8 Å². The van der Waals surface area contributed by atoms with E-state index in [-0.39, 0.29) is 11.9 Å². The van der Waals surface area contributed by atoms with E-state index in [1.807, 2.05) is 18.2 Å². The number of rotatable bonds is 8. The smallest absolute Gasteiger partial charge is 0.322 e. The third kappa shape index (κ3) is 4.84. The van der Waals surface area contributed by atoms with Crippen molar-refractivity contribution in [3.05, 3.63) is 54.1 Å². The summed E-state index contributed by atoms with van der Waals surface area (Å²) in [6, 6.07) is 14.2. The molecule has 2 aromatic carbocycles. The van der Waals surface area contributed by atoms with E-state index >= 15 is 0 Å². The van der Waals surface area contributed by atoms with Crippen LogP contribution in [0.25, 0.3) is 11.5 Å². The SMILES string of the molecule is CCCCOc1ccc(C(=O)Nc2nnc(-c3cccc(OC)c3)o2)cc1. The quantitative estimate of drug-likeness (QED) is 0.601. The van der Waals surface area contributed by atoms with Crippen LogP contribution in [-0.4, -0.2) is 29.8 Å². The number of nitrogens with zero attached hydrogens (tertiary/aromatic N) is 2. The first-order valence-electron chi connectivity index (χ1n) is 8.71. The summed E-state index contributed by atoms with van der Waals surface area (Å²) < 4.78 is 16.3. The van der Waals surface area contributed by atoms with Crippen molar-refractivity contribution >= 4 is 11.9 Å². The molecule has 3 rings (SSSR count).